The topological polar surface area (TPSA) is 38.0 Å². The standard InChI is InChI=1S/C16H22N2O/c1-4-18-15(10-13(2)17-18)12-16(3,19)11-14-8-6-5-7-9-14/h5-10,19H,4,11-12H2,1-3H3. The third-order valence-electron chi connectivity index (χ3n) is 3.27. The van der Waals surface area contributed by atoms with Gasteiger partial charge in [-0.3, -0.25) is 4.68 Å². The van der Waals surface area contributed by atoms with Gasteiger partial charge in [-0.25, -0.2) is 0 Å². The minimum Gasteiger partial charge on any atom is -0.389 e. The molecule has 3 nitrogen and oxygen atoms in total. The Balaban J connectivity index is 2.12. The molecule has 0 fully saturated rings. The fourth-order valence-electron chi connectivity index (χ4n) is 2.50. The van der Waals surface area contributed by atoms with Crippen LogP contribution in [0.3, 0.4) is 0 Å². The van der Waals surface area contributed by atoms with Crippen molar-refractivity contribution in [2.75, 3.05) is 0 Å². The Kier molecular flexibility index (Phi) is 4.05. The molecule has 0 radical (unpaired) electrons. The molecule has 1 aromatic carbocycles. The van der Waals surface area contributed by atoms with Crippen LogP contribution >= 0.6 is 0 Å². The summed E-state index contributed by atoms with van der Waals surface area (Å²) in [6.45, 7) is 6.79. The lowest BCUT2D eigenvalue weighted by Crippen LogP contribution is -2.31. The zero-order valence-corrected chi connectivity index (χ0v) is 11.9. The van der Waals surface area contributed by atoms with Crippen molar-refractivity contribution in [3.8, 4) is 0 Å². The zero-order chi connectivity index (χ0) is 13.9. The summed E-state index contributed by atoms with van der Waals surface area (Å²) in [6, 6.07) is 12.2. The first-order valence-electron chi connectivity index (χ1n) is 6.80. The maximum Gasteiger partial charge on any atom is 0.0715 e. The summed E-state index contributed by atoms with van der Waals surface area (Å²) in [5.41, 5.74) is 2.51. The highest BCUT2D eigenvalue weighted by Gasteiger charge is 2.23. The van der Waals surface area contributed by atoms with E-state index in [-0.39, 0.29) is 0 Å². The summed E-state index contributed by atoms with van der Waals surface area (Å²) in [5, 5.41) is 15.0. The van der Waals surface area contributed by atoms with E-state index < -0.39 is 5.60 Å². The maximum atomic E-state index is 10.6. The van der Waals surface area contributed by atoms with E-state index in [1.165, 1.54) is 0 Å². The monoisotopic (exact) mass is 258 g/mol. The lowest BCUT2D eigenvalue weighted by atomic mass is 9.92. The molecule has 19 heavy (non-hydrogen) atoms. The van der Waals surface area contributed by atoms with Gasteiger partial charge in [-0.05, 0) is 32.4 Å². The predicted molar refractivity (Wildman–Crippen MR) is 77.1 cm³/mol. The van der Waals surface area contributed by atoms with Crippen LogP contribution in [0.5, 0.6) is 0 Å². The number of aliphatic hydroxyl groups is 1. The summed E-state index contributed by atoms with van der Waals surface area (Å²) in [5.74, 6) is 0. The third kappa shape index (κ3) is 3.67. The molecule has 0 aliphatic rings. The van der Waals surface area contributed by atoms with Gasteiger partial charge in [0.25, 0.3) is 0 Å². The number of aryl methyl sites for hydroxylation is 2. The molecular weight excluding hydrogens is 236 g/mol. The molecule has 0 saturated carbocycles. The van der Waals surface area contributed by atoms with Crippen molar-refractivity contribution in [1.29, 1.82) is 0 Å². The Bertz CT molecular complexity index is 529. The molecule has 2 aromatic rings. The maximum absolute atomic E-state index is 10.6. The summed E-state index contributed by atoms with van der Waals surface area (Å²) < 4.78 is 1.97. The second-order valence-corrected chi connectivity index (χ2v) is 5.43. The molecule has 0 aliphatic heterocycles. The van der Waals surface area contributed by atoms with E-state index in [1.54, 1.807) is 0 Å². The lowest BCUT2D eigenvalue weighted by molar-refractivity contribution is 0.0587. The molecular formula is C16H22N2O. The van der Waals surface area contributed by atoms with Gasteiger partial charge < -0.3 is 5.11 Å². The fourth-order valence-corrected chi connectivity index (χ4v) is 2.50. The largest absolute Gasteiger partial charge is 0.389 e. The average Bonchev–Trinajstić information content (AvgIpc) is 2.69. The van der Waals surface area contributed by atoms with Gasteiger partial charge in [0.15, 0.2) is 0 Å². The number of hydrogen-bond donors (Lipinski definition) is 1. The summed E-state index contributed by atoms with van der Waals surface area (Å²) >= 11 is 0. The van der Waals surface area contributed by atoms with E-state index in [1.807, 2.05) is 36.7 Å². The normalized spacial score (nSPS) is 14.3. The summed E-state index contributed by atoms with van der Waals surface area (Å²) in [4.78, 5) is 0. The van der Waals surface area contributed by atoms with Crippen molar-refractivity contribution in [3.05, 3.63) is 53.3 Å². The quantitative estimate of drug-likeness (QED) is 0.895. The number of nitrogens with zero attached hydrogens (tertiary/aromatic N) is 2. The van der Waals surface area contributed by atoms with E-state index in [0.29, 0.717) is 12.8 Å². The van der Waals surface area contributed by atoms with Gasteiger partial charge in [-0.15, -0.1) is 0 Å². The first-order valence-corrected chi connectivity index (χ1v) is 6.80. The number of benzene rings is 1. The Hall–Kier alpha value is -1.61. The molecule has 0 saturated heterocycles. The Morgan fingerprint density at radius 2 is 1.89 bits per heavy atom. The van der Waals surface area contributed by atoms with Crippen LogP contribution in [-0.4, -0.2) is 20.5 Å². The van der Waals surface area contributed by atoms with Crippen LogP contribution in [0.1, 0.15) is 30.8 Å². The molecule has 3 heteroatoms. The molecule has 0 amide bonds. The Morgan fingerprint density at radius 1 is 1.21 bits per heavy atom. The van der Waals surface area contributed by atoms with Crippen LogP contribution in [0.25, 0.3) is 0 Å². The molecule has 1 heterocycles. The highest BCUT2D eigenvalue weighted by atomic mass is 16.3. The molecule has 1 N–H and O–H groups in total. The Morgan fingerprint density at radius 3 is 2.53 bits per heavy atom. The predicted octanol–water partition coefficient (Wildman–Crippen LogP) is 2.75. The van der Waals surface area contributed by atoms with Crippen molar-refractivity contribution in [2.24, 2.45) is 0 Å². The van der Waals surface area contributed by atoms with Crippen LogP contribution in [-0.2, 0) is 19.4 Å². The summed E-state index contributed by atoms with van der Waals surface area (Å²) in [6.07, 6.45) is 1.28. The molecule has 1 aromatic heterocycles. The summed E-state index contributed by atoms with van der Waals surface area (Å²) in [7, 11) is 0. The highest BCUT2D eigenvalue weighted by molar-refractivity contribution is 5.19. The molecule has 2 rings (SSSR count). The fraction of sp³-hybridized carbons (Fsp3) is 0.438. The minimum atomic E-state index is -0.749. The molecule has 0 aliphatic carbocycles. The van der Waals surface area contributed by atoms with E-state index in [0.717, 1.165) is 23.5 Å². The van der Waals surface area contributed by atoms with Crippen LogP contribution < -0.4 is 0 Å². The van der Waals surface area contributed by atoms with Crippen LogP contribution in [0.2, 0.25) is 0 Å². The highest BCUT2D eigenvalue weighted by Crippen LogP contribution is 2.19. The SMILES string of the molecule is CCn1nc(C)cc1CC(C)(O)Cc1ccccc1. The Labute approximate surface area is 114 Å². The van der Waals surface area contributed by atoms with Crippen molar-refractivity contribution in [1.82, 2.24) is 9.78 Å². The molecule has 102 valence electrons. The molecule has 1 atom stereocenters. The molecule has 1 unspecified atom stereocenters. The van der Waals surface area contributed by atoms with Gasteiger partial charge in [0.2, 0.25) is 0 Å². The van der Waals surface area contributed by atoms with Crippen LogP contribution in [0.4, 0.5) is 0 Å². The lowest BCUT2D eigenvalue weighted by Gasteiger charge is -2.23. The molecule has 0 spiro atoms. The van der Waals surface area contributed by atoms with E-state index in [4.69, 9.17) is 0 Å². The van der Waals surface area contributed by atoms with Crippen LogP contribution in [0.15, 0.2) is 36.4 Å². The van der Waals surface area contributed by atoms with E-state index in [9.17, 15) is 5.11 Å². The zero-order valence-electron chi connectivity index (χ0n) is 11.9. The van der Waals surface area contributed by atoms with E-state index in [2.05, 4.69) is 30.2 Å². The number of rotatable bonds is 5. The molecule has 0 bridgehead atoms. The van der Waals surface area contributed by atoms with Gasteiger partial charge in [-0.2, -0.15) is 5.10 Å². The average molecular weight is 258 g/mol. The van der Waals surface area contributed by atoms with Crippen LogP contribution in [0, 0.1) is 6.92 Å². The minimum absolute atomic E-state index is 0.622. The van der Waals surface area contributed by atoms with E-state index >= 15 is 0 Å². The second kappa shape index (κ2) is 5.57. The second-order valence-electron chi connectivity index (χ2n) is 5.43. The first-order chi connectivity index (χ1) is 9.00. The van der Waals surface area contributed by atoms with Gasteiger partial charge >= 0.3 is 0 Å². The first kappa shape index (κ1) is 13.8. The van der Waals surface area contributed by atoms with Gasteiger partial charge in [0.1, 0.15) is 0 Å². The number of aromatic nitrogens is 2. The van der Waals surface area contributed by atoms with Gasteiger partial charge in [0.05, 0.1) is 11.3 Å². The van der Waals surface area contributed by atoms with Gasteiger partial charge in [-0.1, -0.05) is 30.3 Å². The van der Waals surface area contributed by atoms with Crippen molar-refractivity contribution in [3.63, 3.8) is 0 Å². The number of hydrogen-bond acceptors (Lipinski definition) is 2. The van der Waals surface area contributed by atoms with Gasteiger partial charge in [0, 0.05) is 25.1 Å². The smallest absolute Gasteiger partial charge is 0.0715 e. The van der Waals surface area contributed by atoms with Crippen molar-refractivity contribution < 1.29 is 5.11 Å². The third-order valence-corrected chi connectivity index (χ3v) is 3.27. The van der Waals surface area contributed by atoms with Crippen molar-refractivity contribution >= 4 is 0 Å². The van der Waals surface area contributed by atoms with Crippen molar-refractivity contribution in [2.45, 2.75) is 45.8 Å².